The number of hydrogen-bond donors (Lipinski definition) is 4. The largest absolute Gasteiger partial charge is 0.463 e. The molecule has 0 aromatic heterocycles. The molecule has 9 heteroatoms. The number of Topliss-reactive ketones (excluding diaryl/α,β-unsaturated/α-hetero) is 1. The van der Waals surface area contributed by atoms with Crippen molar-refractivity contribution in [3.63, 3.8) is 0 Å². The summed E-state index contributed by atoms with van der Waals surface area (Å²) in [6.07, 6.45) is 2.17. The molecule has 5 unspecified atom stereocenters. The lowest BCUT2D eigenvalue weighted by Crippen LogP contribution is -2.46. The van der Waals surface area contributed by atoms with Crippen LogP contribution in [0.4, 0.5) is 0 Å². The Hall–Kier alpha value is -2.85. The first-order valence-electron chi connectivity index (χ1n) is 13.1. The van der Waals surface area contributed by atoms with Crippen LogP contribution in [-0.4, -0.2) is 75.3 Å². The van der Waals surface area contributed by atoms with E-state index < -0.39 is 54.5 Å². The van der Waals surface area contributed by atoms with Gasteiger partial charge in [-0.25, -0.2) is 0 Å². The van der Waals surface area contributed by atoms with Crippen molar-refractivity contribution in [1.29, 1.82) is 0 Å². The van der Waals surface area contributed by atoms with Crippen molar-refractivity contribution in [2.24, 2.45) is 5.41 Å². The molecule has 218 valence electrons. The van der Waals surface area contributed by atoms with Crippen molar-refractivity contribution in [2.45, 2.75) is 97.7 Å². The number of carbonyl (C=O) groups is 3. The SMILES string of the molecule is C=C(C)/C=C/C=C(C)/C=C/C1=C(C)C(=O)C(OC(=O)CCC(=O)OCC(O)C(O)C(O)C(O)CC)CC1(C)C. The Morgan fingerprint density at radius 3 is 2.23 bits per heavy atom. The summed E-state index contributed by atoms with van der Waals surface area (Å²) in [5, 5.41) is 39.0. The third-order valence-corrected chi connectivity index (χ3v) is 6.52. The van der Waals surface area contributed by atoms with Crippen LogP contribution in [0.25, 0.3) is 0 Å². The second-order valence-corrected chi connectivity index (χ2v) is 10.6. The van der Waals surface area contributed by atoms with E-state index >= 15 is 0 Å². The maximum absolute atomic E-state index is 13.0. The Kier molecular flexibility index (Phi) is 13.7. The monoisotopic (exact) mass is 548 g/mol. The van der Waals surface area contributed by atoms with Crippen molar-refractivity contribution in [3.05, 3.63) is 59.3 Å². The molecule has 0 saturated carbocycles. The highest BCUT2D eigenvalue weighted by Gasteiger charge is 2.40. The summed E-state index contributed by atoms with van der Waals surface area (Å²) in [4.78, 5) is 37.3. The maximum atomic E-state index is 13.0. The van der Waals surface area contributed by atoms with Crippen molar-refractivity contribution in [3.8, 4) is 0 Å². The Balaban J connectivity index is 2.69. The van der Waals surface area contributed by atoms with Gasteiger partial charge in [0.1, 0.15) is 24.9 Å². The fourth-order valence-corrected chi connectivity index (χ4v) is 4.10. The molecule has 0 amide bonds. The number of esters is 2. The second kappa shape index (κ2) is 15.7. The van der Waals surface area contributed by atoms with Gasteiger partial charge >= 0.3 is 11.9 Å². The normalized spacial score (nSPS) is 21.1. The Morgan fingerprint density at radius 1 is 1.05 bits per heavy atom. The van der Waals surface area contributed by atoms with E-state index in [4.69, 9.17) is 9.47 Å². The van der Waals surface area contributed by atoms with Gasteiger partial charge in [-0.15, -0.1) is 0 Å². The zero-order valence-electron chi connectivity index (χ0n) is 23.8. The molecule has 0 radical (unpaired) electrons. The molecule has 9 nitrogen and oxygen atoms in total. The topological polar surface area (TPSA) is 151 Å². The molecule has 0 saturated heterocycles. The van der Waals surface area contributed by atoms with Crippen LogP contribution in [-0.2, 0) is 23.9 Å². The Labute approximate surface area is 231 Å². The van der Waals surface area contributed by atoms with Crippen LogP contribution < -0.4 is 0 Å². The van der Waals surface area contributed by atoms with E-state index in [-0.39, 0.29) is 31.5 Å². The van der Waals surface area contributed by atoms with E-state index in [0.29, 0.717) is 5.57 Å². The van der Waals surface area contributed by atoms with E-state index in [0.717, 1.165) is 16.7 Å². The fourth-order valence-electron chi connectivity index (χ4n) is 4.10. The molecule has 0 aromatic rings. The number of ketones is 1. The summed E-state index contributed by atoms with van der Waals surface area (Å²) in [6.45, 7) is 14.3. The lowest BCUT2D eigenvalue weighted by atomic mass is 9.71. The fraction of sp³-hybridized carbons (Fsp3) is 0.567. The van der Waals surface area contributed by atoms with E-state index in [9.17, 15) is 34.8 Å². The molecular formula is C30H44O9. The lowest BCUT2D eigenvalue weighted by molar-refractivity contribution is -0.161. The Morgan fingerprint density at radius 2 is 1.64 bits per heavy atom. The van der Waals surface area contributed by atoms with E-state index in [2.05, 4.69) is 6.58 Å². The minimum atomic E-state index is -1.72. The first-order valence-corrected chi connectivity index (χ1v) is 13.1. The van der Waals surface area contributed by atoms with Gasteiger partial charge < -0.3 is 29.9 Å². The summed E-state index contributed by atoms with van der Waals surface area (Å²) in [6, 6.07) is 0. The third-order valence-electron chi connectivity index (χ3n) is 6.52. The molecular weight excluding hydrogens is 504 g/mol. The molecule has 5 atom stereocenters. The van der Waals surface area contributed by atoms with Gasteiger partial charge in [0.2, 0.25) is 0 Å². The highest BCUT2D eigenvalue weighted by Crippen LogP contribution is 2.40. The van der Waals surface area contributed by atoms with E-state index in [1.807, 2.05) is 58.1 Å². The van der Waals surface area contributed by atoms with E-state index in [1.165, 1.54) is 0 Å². The van der Waals surface area contributed by atoms with Crippen LogP contribution >= 0.6 is 0 Å². The summed E-state index contributed by atoms with van der Waals surface area (Å²) in [5.74, 6) is -1.86. The zero-order valence-corrected chi connectivity index (χ0v) is 23.8. The number of hydrogen-bond acceptors (Lipinski definition) is 9. The van der Waals surface area contributed by atoms with Gasteiger partial charge in [0.25, 0.3) is 0 Å². The number of allylic oxidation sites excluding steroid dienone is 8. The van der Waals surface area contributed by atoms with Gasteiger partial charge in [-0.3, -0.25) is 14.4 Å². The first kappa shape index (κ1) is 34.2. The molecule has 0 aliphatic heterocycles. The molecule has 0 bridgehead atoms. The van der Waals surface area contributed by atoms with Crippen LogP contribution in [0.2, 0.25) is 0 Å². The summed E-state index contributed by atoms with van der Waals surface area (Å²) in [7, 11) is 0. The Bertz CT molecular complexity index is 1020. The van der Waals surface area contributed by atoms with Crippen molar-refractivity contribution in [2.75, 3.05) is 6.61 Å². The number of aliphatic hydroxyl groups is 4. The average Bonchev–Trinajstić information content (AvgIpc) is 2.86. The number of ether oxygens (including phenoxy) is 2. The predicted molar refractivity (Wildman–Crippen MR) is 147 cm³/mol. The first-order chi connectivity index (χ1) is 18.1. The molecule has 1 aliphatic carbocycles. The highest BCUT2D eigenvalue weighted by molar-refractivity contribution is 6.01. The molecule has 0 spiro atoms. The summed E-state index contributed by atoms with van der Waals surface area (Å²) >= 11 is 0. The molecule has 1 rings (SSSR count). The molecule has 0 aromatic carbocycles. The van der Waals surface area contributed by atoms with Gasteiger partial charge in [-0.1, -0.05) is 68.9 Å². The minimum absolute atomic E-state index is 0.159. The summed E-state index contributed by atoms with van der Waals surface area (Å²) in [5.41, 5.74) is 2.86. The maximum Gasteiger partial charge on any atom is 0.307 e. The quantitative estimate of drug-likeness (QED) is 0.190. The molecule has 0 fully saturated rings. The predicted octanol–water partition coefficient (Wildman–Crippen LogP) is 3.03. The molecule has 0 heterocycles. The van der Waals surface area contributed by atoms with Crippen molar-refractivity contribution >= 4 is 17.7 Å². The van der Waals surface area contributed by atoms with Crippen molar-refractivity contribution in [1.82, 2.24) is 0 Å². The van der Waals surface area contributed by atoms with Gasteiger partial charge in [-0.2, -0.15) is 0 Å². The zero-order chi connectivity index (χ0) is 29.9. The van der Waals surface area contributed by atoms with Gasteiger partial charge in [0.15, 0.2) is 11.9 Å². The van der Waals surface area contributed by atoms with Gasteiger partial charge in [0, 0.05) is 6.42 Å². The van der Waals surface area contributed by atoms with Crippen LogP contribution in [0.5, 0.6) is 0 Å². The van der Waals surface area contributed by atoms with Crippen LogP contribution in [0, 0.1) is 5.41 Å². The van der Waals surface area contributed by atoms with Gasteiger partial charge in [-0.05, 0) is 43.8 Å². The second-order valence-electron chi connectivity index (χ2n) is 10.6. The lowest BCUT2D eigenvalue weighted by Gasteiger charge is -2.36. The van der Waals surface area contributed by atoms with Crippen molar-refractivity contribution < 1.29 is 44.3 Å². The molecule has 39 heavy (non-hydrogen) atoms. The molecule has 1 aliphatic rings. The van der Waals surface area contributed by atoms with Crippen LogP contribution in [0.3, 0.4) is 0 Å². The average molecular weight is 549 g/mol. The van der Waals surface area contributed by atoms with Crippen LogP contribution in [0.15, 0.2) is 59.3 Å². The number of carbonyl (C=O) groups excluding carboxylic acids is 3. The van der Waals surface area contributed by atoms with Gasteiger partial charge in [0.05, 0.1) is 18.9 Å². The minimum Gasteiger partial charge on any atom is -0.463 e. The summed E-state index contributed by atoms with van der Waals surface area (Å²) < 4.78 is 10.3. The highest BCUT2D eigenvalue weighted by atomic mass is 16.6. The number of rotatable bonds is 14. The standard InChI is InChI=1S/C30H44O9/c1-8-22(31)28(36)29(37)23(32)17-38-25(33)14-15-26(34)39-24-16-30(6,7)21(20(5)27(24)35)13-12-19(4)11-9-10-18(2)3/h9-13,22-24,28-29,31-32,36-37H,2,8,14-17H2,1,3-7H3/b10-9+,13-12+,19-11+. The smallest absolute Gasteiger partial charge is 0.307 e. The number of aliphatic hydroxyl groups excluding tert-OH is 4. The van der Waals surface area contributed by atoms with Crippen LogP contribution in [0.1, 0.15) is 67.2 Å². The third kappa shape index (κ3) is 11.0. The van der Waals surface area contributed by atoms with E-state index in [1.54, 1.807) is 13.8 Å². The molecule has 4 N–H and O–H groups in total.